The zero-order valence-corrected chi connectivity index (χ0v) is 15.2. The molecule has 2 saturated heterocycles. The van der Waals surface area contributed by atoms with Gasteiger partial charge >= 0.3 is 0 Å². The molecular weight excluding hydrogens is 354 g/mol. The Hall–Kier alpha value is -1.77. The molecule has 7 nitrogen and oxygen atoms in total. The molecular formula is C18H21N3O4S. The van der Waals surface area contributed by atoms with E-state index < -0.39 is 16.1 Å². The molecule has 8 heteroatoms. The standard InChI is InChI=1S/C18H21N3O4S/c1-10-19-18(25-20-10)16(11-5-3-2-4-6-11)21-26(22,23)9-12-7-15-13-8-14(13)17(12)24-15/h2-6,12-17,21H,7-9H2,1H3/t12-,13+,14-,15-,16?,17+/m0/s1. The van der Waals surface area contributed by atoms with E-state index >= 15 is 0 Å². The maximum absolute atomic E-state index is 12.9. The van der Waals surface area contributed by atoms with E-state index in [-0.39, 0.29) is 29.8 Å². The Kier molecular flexibility index (Phi) is 3.70. The van der Waals surface area contributed by atoms with Gasteiger partial charge in [0.15, 0.2) is 5.82 Å². The van der Waals surface area contributed by atoms with Crippen molar-refractivity contribution in [2.75, 3.05) is 5.75 Å². The van der Waals surface area contributed by atoms with Crippen LogP contribution in [0.5, 0.6) is 0 Å². The maximum atomic E-state index is 12.9. The van der Waals surface area contributed by atoms with Crippen molar-refractivity contribution in [3.63, 3.8) is 0 Å². The van der Waals surface area contributed by atoms with Gasteiger partial charge in [-0.15, -0.1) is 0 Å². The van der Waals surface area contributed by atoms with Crippen LogP contribution in [0.25, 0.3) is 0 Å². The van der Waals surface area contributed by atoms with E-state index in [0.717, 1.165) is 12.0 Å². The summed E-state index contributed by atoms with van der Waals surface area (Å²) >= 11 is 0. The number of benzene rings is 1. The number of aromatic nitrogens is 2. The van der Waals surface area contributed by atoms with Crippen molar-refractivity contribution in [1.29, 1.82) is 0 Å². The van der Waals surface area contributed by atoms with E-state index in [9.17, 15) is 8.42 Å². The van der Waals surface area contributed by atoms with E-state index in [1.165, 1.54) is 6.42 Å². The average Bonchev–Trinajstić information content (AvgIpc) is 2.97. The second-order valence-electron chi connectivity index (χ2n) is 7.62. The summed E-state index contributed by atoms with van der Waals surface area (Å²) in [6.07, 6.45) is 2.44. The number of hydrogen-bond donors (Lipinski definition) is 1. The molecule has 2 aliphatic heterocycles. The number of nitrogens with zero attached hydrogens (tertiary/aromatic N) is 2. The van der Waals surface area contributed by atoms with Crippen LogP contribution in [-0.2, 0) is 14.8 Å². The monoisotopic (exact) mass is 375 g/mol. The summed E-state index contributed by atoms with van der Waals surface area (Å²) in [5.74, 6) is 2.14. The minimum atomic E-state index is -3.54. The van der Waals surface area contributed by atoms with Gasteiger partial charge in [0, 0.05) is 5.92 Å². The molecule has 1 N–H and O–H groups in total. The van der Waals surface area contributed by atoms with Gasteiger partial charge in [0.05, 0.1) is 18.0 Å². The van der Waals surface area contributed by atoms with Crippen LogP contribution in [0, 0.1) is 24.7 Å². The van der Waals surface area contributed by atoms with E-state index in [1.54, 1.807) is 6.92 Å². The maximum Gasteiger partial charge on any atom is 0.249 e. The third-order valence-electron chi connectivity index (χ3n) is 5.78. The lowest BCUT2D eigenvalue weighted by Crippen LogP contribution is -2.36. The zero-order valence-electron chi connectivity index (χ0n) is 14.4. The second kappa shape index (κ2) is 5.87. The summed E-state index contributed by atoms with van der Waals surface area (Å²) in [7, 11) is -3.54. The number of nitrogens with one attached hydrogen (secondary N) is 1. The van der Waals surface area contributed by atoms with Crippen LogP contribution in [0.4, 0.5) is 0 Å². The van der Waals surface area contributed by atoms with Gasteiger partial charge in [0.25, 0.3) is 0 Å². The quantitative estimate of drug-likeness (QED) is 0.827. The molecule has 1 aliphatic carbocycles. The number of fused-ring (bicyclic) bond motifs is 5. The van der Waals surface area contributed by atoms with Crippen LogP contribution in [0.3, 0.4) is 0 Å². The van der Waals surface area contributed by atoms with Crippen molar-refractivity contribution < 1.29 is 17.7 Å². The highest BCUT2D eigenvalue weighted by Gasteiger charge is 2.63. The van der Waals surface area contributed by atoms with Crippen molar-refractivity contribution in [2.24, 2.45) is 17.8 Å². The van der Waals surface area contributed by atoms with Crippen LogP contribution < -0.4 is 4.72 Å². The van der Waals surface area contributed by atoms with Crippen LogP contribution in [0.15, 0.2) is 34.9 Å². The van der Waals surface area contributed by atoms with Crippen LogP contribution in [-0.4, -0.2) is 36.5 Å². The first kappa shape index (κ1) is 16.4. The molecule has 1 unspecified atom stereocenters. The van der Waals surface area contributed by atoms with Gasteiger partial charge in [-0.25, -0.2) is 8.42 Å². The Morgan fingerprint density at radius 2 is 2.04 bits per heavy atom. The van der Waals surface area contributed by atoms with Gasteiger partial charge < -0.3 is 9.26 Å². The third kappa shape index (κ3) is 2.86. The molecule has 138 valence electrons. The Morgan fingerprint density at radius 1 is 1.23 bits per heavy atom. The normalized spacial score (nSPS) is 33.2. The second-order valence-corrected chi connectivity index (χ2v) is 9.42. The first-order chi connectivity index (χ1) is 12.5. The molecule has 0 spiro atoms. The van der Waals surface area contributed by atoms with Gasteiger partial charge in [-0.05, 0) is 37.2 Å². The highest BCUT2D eigenvalue weighted by atomic mass is 32.2. The lowest BCUT2D eigenvalue weighted by molar-refractivity contribution is 0.0635. The summed E-state index contributed by atoms with van der Waals surface area (Å²) in [4.78, 5) is 4.23. The number of aryl methyl sites for hydroxylation is 1. The molecule has 1 saturated carbocycles. The molecule has 3 fully saturated rings. The Labute approximate surface area is 152 Å². The van der Waals surface area contributed by atoms with Gasteiger partial charge in [0.1, 0.15) is 6.04 Å². The molecule has 5 rings (SSSR count). The minimum absolute atomic E-state index is 0.0714. The molecule has 0 radical (unpaired) electrons. The Morgan fingerprint density at radius 3 is 2.69 bits per heavy atom. The van der Waals surface area contributed by atoms with Crippen LogP contribution in [0.2, 0.25) is 0 Å². The molecule has 2 aromatic rings. The van der Waals surface area contributed by atoms with Crippen molar-refractivity contribution >= 4 is 10.0 Å². The minimum Gasteiger partial charge on any atom is -0.374 e. The van der Waals surface area contributed by atoms with Crippen LogP contribution in [0.1, 0.15) is 36.2 Å². The Bertz CT molecular complexity index is 914. The van der Waals surface area contributed by atoms with Crippen molar-refractivity contribution in [2.45, 2.75) is 38.0 Å². The molecule has 26 heavy (non-hydrogen) atoms. The van der Waals surface area contributed by atoms with Crippen molar-refractivity contribution in [1.82, 2.24) is 14.9 Å². The highest BCUT2D eigenvalue weighted by Crippen LogP contribution is 2.60. The molecule has 1 aromatic carbocycles. The SMILES string of the molecule is Cc1noc(C(NS(=O)(=O)C[C@@H]2C[C@@H]3O[C@H]2[C@H]2C[C@H]23)c2ccccc2)n1. The first-order valence-corrected chi connectivity index (χ1v) is 10.7. The fourth-order valence-corrected chi connectivity index (χ4v) is 6.16. The third-order valence-corrected chi connectivity index (χ3v) is 7.24. The molecule has 3 heterocycles. The summed E-state index contributed by atoms with van der Waals surface area (Å²) in [6.45, 7) is 1.71. The first-order valence-electron chi connectivity index (χ1n) is 9.01. The number of rotatable bonds is 6. The lowest BCUT2D eigenvalue weighted by Gasteiger charge is -2.21. The number of ether oxygens (including phenoxy) is 1. The van der Waals surface area contributed by atoms with E-state index in [4.69, 9.17) is 9.26 Å². The highest BCUT2D eigenvalue weighted by molar-refractivity contribution is 7.89. The smallest absolute Gasteiger partial charge is 0.249 e. The van der Waals surface area contributed by atoms with E-state index in [2.05, 4.69) is 14.9 Å². The van der Waals surface area contributed by atoms with Crippen molar-refractivity contribution in [3.05, 3.63) is 47.6 Å². The summed E-state index contributed by atoms with van der Waals surface area (Å²) in [5, 5.41) is 3.80. The van der Waals surface area contributed by atoms with E-state index in [0.29, 0.717) is 17.7 Å². The summed E-state index contributed by atoms with van der Waals surface area (Å²) in [5.41, 5.74) is 0.770. The van der Waals surface area contributed by atoms with Crippen molar-refractivity contribution in [3.8, 4) is 0 Å². The zero-order chi connectivity index (χ0) is 17.9. The fourth-order valence-electron chi connectivity index (χ4n) is 4.58. The van der Waals surface area contributed by atoms with Gasteiger partial charge in [0.2, 0.25) is 15.9 Å². The fraction of sp³-hybridized carbons (Fsp3) is 0.556. The van der Waals surface area contributed by atoms with Crippen LogP contribution >= 0.6 is 0 Å². The predicted octanol–water partition coefficient (Wildman–Crippen LogP) is 1.81. The molecule has 0 amide bonds. The summed E-state index contributed by atoms with van der Waals surface area (Å²) < 4.78 is 39.7. The molecule has 6 atom stereocenters. The number of sulfonamides is 1. The Balaban J connectivity index is 1.37. The van der Waals surface area contributed by atoms with Gasteiger partial charge in [-0.3, -0.25) is 0 Å². The van der Waals surface area contributed by atoms with Gasteiger partial charge in [-0.1, -0.05) is 35.5 Å². The predicted molar refractivity (Wildman–Crippen MR) is 92.6 cm³/mol. The topological polar surface area (TPSA) is 94.3 Å². The molecule has 3 aliphatic rings. The lowest BCUT2D eigenvalue weighted by atomic mass is 9.91. The molecule has 1 aromatic heterocycles. The molecule has 2 bridgehead atoms. The van der Waals surface area contributed by atoms with Gasteiger partial charge in [-0.2, -0.15) is 9.71 Å². The largest absolute Gasteiger partial charge is 0.374 e. The average molecular weight is 375 g/mol. The number of hydrogen-bond acceptors (Lipinski definition) is 6. The summed E-state index contributed by atoms with van der Waals surface area (Å²) in [6, 6.07) is 8.61. The van der Waals surface area contributed by atoms with E-state index in [1.807, 2.05) is 30.3 Å².